The zero-order valence-electron chi connectivity index (χ0n) is 10.1. The summed E-state index contributed by atoms with van der Waals surface area (Å²) in [7, 11) is 1.53. The van der Waals surface area contributed by atoms with E-state index in [4.69, 9.17) is 16.3 Å². The summed E-state index contributed by atoms with van der Waals surface area (Å²) >= 11 is 9.27. The Balaban J connectivity index is 2.28. The third-order valence-corrected chi connectivity index (χ3v) is 3.45. The molecule has 98 valence electrons. The lowest BCUT2D eigenvalue weighted by atomic mass is 10.2. The molecular formula is C14H11BrClNO2. The van der Waals surface area contributed by atoms with Crippen LogP contribution in [0, 0.1) is 0 Å². The predicted molar refractivity (Wildman–Crippen MR) is 80.1 cm³/mol. The first-order chi connectivity index (χ1) is 9.11. The third kappa shape index (κ3) is 3.28. The maximum absolute atomic E-state index is 12.2. The van der Waals surface area contributed by atoms with Gasteiger partial charge in [0, 0.05) is 9.50 Å². The number of amides is 1. The molecule has 0 aliphatic carbocycles. The van der Waals surface area contributed by atoms with Crippen molar-refractivity contribution in [2.24, 2.45) is 0 Å². The first kappa shape index (κ1) is 13.9. The maximum atomic E-state index is 12.2. The summed E-state index contributed by atoms with van der Waals surface area (Å²) in [5.74, 6) is 0.276. The lowest BCUT2D eigenvalue weighted by molar-refractivity contribution is 0.102. The van der Waals surface area contributed by atoms with Crippen LogP contribution in [0.4, 0.5) is 5.69 Å². The minimum Gasteiger partial charge on any atom is -0.496 e. The van der Waals surface area contributed by atoms with Gasteiger partial charge in [-0.15, -0.1) is 0 Å². The van der Waals surface area contributed by atoms with Crippen LogP contribution in [0.15, 0.2) is 46.9 Å². The van der Waals surface area contributed by atoms with E-state index in [9.17, 15) is 4.79 Å². The molecule has 1 N–H and O–H groups in total. The normalized spacial score (nSPS) is 10.1. The number of hydrogen-bond acceptors (Lipinski definition) is 2. The molecule has 0 fully saturated rings. The fourth-order valence-electron chi connectivity index (χ4n) is 1.62. The molecule has 0 atom stereocenters. The highest BCUT2D eigenvalue weighted by Crippen LogP contribution is 2.27. The van der Waals surface area contributed by atoms with E-state index < -0.39 is 0 Å². The first-order valence-electron chi connectivity index (χ1n) is 5.51. The highest BCUT2D eigenvalue weighted by molar-refractivity contribution is 9.10. The molecule has 0 unspecified atom stereocenters. The molecule has 1 amide bonds. The number of ether oxygens (including phenoxy) is 1. The Morgan fingerprint density at radius 3 is 2.74 bits per heavy atom. The van der Waals surface area contributed by atoms with Crippen molar-refractivity contribution in [2.45, 2.75) is 0 Å². The summed E-state index contributed by atoms with van der Waals surface area (Å²) in [6.07, 6.45) is 0. The molecule has 2 aromatic carbocycles. The van der Waals surface area contributed by atoms with Gasteiger partial charge in [-0.05, 0) is 46.3 Å². The Hall–Kier alpha value is -1.52. The van der Waals surface area contributed by atoms with Gasteiger partial charge in [0.25, 0.3) is 5.91 Å². The molecule has 2 rings (SSSR count). The molecule has 0 saturated heterocycles. The fraction of sp³-hybridized carbons (Fsp3) is 0.0714. The van der Waals surface area contributed by atoms with Crippen molar-refractivity contribution >= 4 is 39.1 Å². The number of nitrogens with one attached hydrogen (secondary N) is 1. The zero-order valence-corrected chi connectivity index (χ0v) is 12.5. The zero-order chi connectivity index (χ0) is 13.8. The Morgan fingerprint density at radius 2 is 2.00 bits per heavy atom. The summed E-state index contributed by atoms with van der Waals surface area (Å²) in [5.41, 5.74) is 1.08. The van der Waals surface area contributed by atoms with Gasteiger partial charge in [-0.25, -0.2) is 0 Å². The van der Waals surface area contributed by atoms with Crippen LogP contribution in [-0.2, 0) is 0 Å². The van der Waals surface area contributed by atoms with E-state index in [1.807, 2.05) is 6.07 Å². The lowest BCUT2D eigenvalue weighted by Crippen LogP contribution is -2.13. The van der Waals surface area contributed by atoms with Gasteiger partial charge in [0.1, 0.15) is 5.75 Å². The van der Waals surface area contributed by atoms with Crippen LogP contribution in [0.3, 0.4) is 0 Å². The molecule has 0 spiro atoms. The topological polar surface area (TPSA) is 38.3 Å². The van der Waals surface area contributed by atoms with E-state index in [0.717, 1.165) is 4.47 Å². The highest BCUT2D eigenvalue weighted by atomic mass is 79.9. The van der Waals surface area contributed by atoms with Gasteiger partial charge in [-0.3, -0.25) is 4.79 Å². The number of rotatable bonds is 3. The van der Waals surface area contributed by atoms with Crippen molar-refractivity contribution in [3.8, 4) is 5.75 Å². The molecule has 0 bridgehead atoms. The lowest BCUT2D eigenvalue weighted by Gasteiger charge is -2.10. The van der Waals surface area contributed by atoms with Gasteiger partial charge in [0.05, 0.1) is 18.4 Å². The summed E-state index contributed by atoms with van der Waals surface area (Å²) < 4.78 is 5.92. The van der Waals surface area contributed by atoms with Gasteiger partial charge < -0.3 is 10.1 Å². The largest absolute Gasteiger partial charge is 0.496 e. The number of halogens is 2. The van der Waals surface area contributed by atoms with Crippen molar-refractivity contribution in [3.63, 3.8) is 0 Å². The smallest absolute Gasteiger partial charge is 0.259 e. The molecule has 3 nitrogen and oxygen atoms in total. The summed E-state index contributed by atoms with van der Waals surface area (Å²) in [4.78, 5) is 12.2. The van der Waals surface area contributed by atoms with Gasteiger partial charge in [-0.2, -0.15) is 0 Å². The quantitative estimate of drug-likeness (QED) is 0.901. The van der Waals surface area contributed by atoms with Gasteiger partial charge in [-0.1, -0.05) is 23.7 Å². The molecule has 5 heteroatoms. The van der Waals surface area contributed by atoms with Crippen LogP contribution < -0.4 is 10.1 Å². The standard InChI is InChI=1S/C14H11BrClNO2/c1-19-13-5-3-2-4-10(13)14(18)17-12-8-9(16)6-7-11(12)15/h2-8H,1H3,(H,17,18). The Bertz CT molecular complexity index is 616. The van der Waals surface area contributed by atoms with Crippen LogP contribution in [0.2, 0.25) is 5.02 Å². The maximum Gasteiger partial charge on any atom is 0.259 e. The van der Waals surface area contributed by atoms with Crippen molar-refractivity contribution in [3.05, 3.63) is 57.5 Å². The van der Waals surface area contributed by atoms with E-state index in [-0.39, 0.29) is 5.91 Å². The van der Waals surface area contributed by atoms with Crippen LogP contribution in [-0.4, -0.2) is 13.0 Å². The van der Waals surface area contributed by atoms with Gasteiger partial charge in [0.15, 0.2) is 0 Å². The molecule has 0 radical (unpaired) electrons. The second kappa shape index (κ2) is 6.08. The Labute approximate surface area is 124 Å². The van der Waals surface area contributed by atoms with Crippen molar-refractivity contribution in [1.82, 2.24) is 0 Å². The van der Waals surface area contributed by atoms with Crippen molar-refractivity contribution < 1.29 is 9.53 Å². The Morgan fingerprint density at radius 1 is 1.26 bits per heavy atom. The molecular weight excluding hydrogens is 330 g/mol. The fourth-order valence-corrected chi connectivity index (χ4v) is 2.13. The van der Waals surface area contributed by atoms with E-state index in [1.165, 1.54) is 7.11 Å². The molecule has 0 aromatic heterocycles. The molecule has 0 aliphatic rings. The second-order valence-electron chi connectivity index (χ2n) is 3.78. The SMILES string of the molecule is COc1ccccc1C(=O)Nc1cc(Cl)ccc1Br. The molecule has 0 aliphatic heterocycles. The summed E-state index contributed by atoms with van der Waals surface area (Å²) in [5, 5.41) is 3.35. The van der Waals surface area contributed by atoms with E-state index in [1.54, 1.807) is 36.4 Å². The number of carbonyl (C=O) groups excluding carboxylic acids is 1. The number of anilines is 1. The van der Waals surface area contributed by atoms with Gasteiger partial charge >= 0.3 is 0 Å². The van der Waals surface area contributed by atoms with Crippen LogP contribution in [0.5, 0.6) is 5.75 Å². The van der Waals surface area contributed by atoms with Gasteiger partial charge in [0.2, 0.25) is 0 Å². The number of carbonyl (C=O) groups is 1. The van der Waals surface area contributed by atoms with Crippen LogP contribution in [0.25, 0.3) is 0 Å². The van der Waals surface area contributed by atoms with Crippen LogP contribution in [0.1, 0.15) is 10.4 Å². The van der Waals surface area contributed by atoms with Crippen molar-refractivity contribution in [1.29, 1.82) is 0 Å². The van der Waals surface area contributed by atoms with Crippen LogP contribution >= 0.6 is 27.5 Å². The molecule has 2 aromatic rings. The predicted octanol–water partition coefficient (Wildman–Crippen LogP) is 4.36. The minimum atomic E-state index is -0.250. The molecule has 19 heavy (non-hydrogen) atoms. The first-order valence-corrected chi connectivity index (χ1v) is 6.68. The van der Waals surface area contributed by atoms with E-state index in [2.05, 4.69) is 21.2 Å². The van der Waals surface area contributed by atoms with Crippen molar-refractivity contribution in [2.75, 3.05) is 12.4 Å². The molecule has 0 saturated carbocycles. The summed E-state index contributed by atoms with van der Waals surface area (Å²) in [6, 6.07) is 12.2. The monoisotopic (exact) mass is 339 g/mol. The average Bonchev–Trinajstić information content (AvgIpc) is 2.42. The third-order valence-electron chi connectivity index (χ3n) is 2.53. The van der Waals surface area contributed by atoms with E-state index in [0.29, 0.717) is 22.0 Å². The minimum absolute atomic E-state index is 0.250. The number of benzene rings is 2. The van der Waals surface area contributed by atoms with E-state index >= 15 is 0 Å². The highest BCUT2D eigenvalue weighted by Gasteiger charge is 2.13. The summed E-state index contributed by atoms with van der Waals surface area (Å²) in [6.45, 7) is 0. The Kier molecular flexibility index (Phi) is 4.45. The molecule has 0 heterocycles. The number of hydrogen-bond donors (Lipinski definition) is 1. The average molecular weight is 341 g/mol. The number of methoxy groups -OCH3 is 1. The second-order valence-corrected chi connectivity index (χ2v) is 5.07. The number of para-hydroxylation sites is 1.